The lowest BCUT2D eigenvalue weighted by molar-refractivity contribution is 0.0973. The Morgan fingerprint density at radius 3 is 2.75 bits per heavy atom. The van der Waals surface area contributed by atoms with Gasteiger partial charge in [0.25, 0.3) is 0 Å². The number of hydrogen-bond donors (Lipinski definition) is 1. The average molecular weight is 312 g/mol. The number of hydrogen-bond acceptors (Lipinski definition) is 4. The van der Waals surface area contributed by atoms with Gasteiger partial charge in [-0.1, -0.05) is 28.4 Å². The molecule has 6 heteroatoms. The van der Waals surface area contributed by atoms with Gasteiger partial charge in [0.15, 0.2) is 11.4 Å². The van der Waals surface area contributed by atoms with Crippen molar-refractivity contribution in [2.45, 2.75) is 18.9 Å². The van der Waals surface area contributed by atoms with E-state index >= 15 is 0 Å². The fraction of sp³-hybridized carbons (Fsp3) is 0.500. The molecule has 1 aromatic carbocycles. The number of rotatable bonds is 2. The Labute approximate surface area is 127 Å². The SMILES string of the molecule is Clc1cc(Cl)c2c(N[C@@H]3CN4CCC3CC4)noc2c1. The number of nitrogens with zero attached hydrogens (tertiary/aromatic N) is 2. The van der Waals surface area contributed by atoms with Crippen LogP contribution in [0.4, 0.5) is 5.82 Å². The van der Waals surface area contributed by atoms with Gasteiger partial charge in [-0.15, -0.1) is 0 Å². The zero-order chi connectivity index (χ0) is 13.7. The number of halogens is 2. The summed E-state index contributed by atoms with van der Waals surface area (Å²) in [6, 6.07) is 3.90. The molecule has 3 fully saturated rings. The quantitative estimate of drug-likeness (QED) is 0.919. The second-order valence-corrected chi connectivity index (χ2v) is 6.52. The van der Waals surface area contributed by atoms with Crippen molar-refractivity contribution in [3.05, 3.63) is 22.2 Å². The molecule has 0 radical (unpaired) electrons. The lowest BCUT2D eigenvalue weighted by atomic mass is 9.84. The Morgan fingerprint density at radius 1 is 1.25 bits per heavy atom. The van der Waals surface area contributed by atoms with Gasteiger partial charge < -0.3 is 14.7 Å². The molecule has 2 aromatic rings. The number of fused-ring (bicyclic) bond motifs is 4. The van der Waals surface area contributed by atoms with Crippen LogP contribution in [-0.4, -0.2) is 35.7 Å². The van der Waals surface area contributed by atoms with E-state index < -0.39 is 0 Å². The first-order chi connectivity index (χ1) is 9.70. The number of benzene rings is 1. The summed E-state index contributed by atoms with van der Waals surface area (Å²) in [4.78, 5) is 2.50. The third-order valence-corrected chi connectivity index (χ3v) is 4.99. The molecular formula is C14H15Cl2N3O. The van der Waals surface area contributed by atoms with Crippen LogP contribution in [0.25, 0.3) is 11.0 Å². The van der Waals surface area contributed by atoms with E-state index in [2.05, 4.69) is 15.4 Å². The highest BCUT2D eigenvalue weighted by Crippen LogP contribution is 2.35. The van der Waals surface area contributed by atoms with Gasteiger partial charge >= 0.3 is 0 Å². The normalized spacial score (nSPS) is 29.0. The van der Waals surface area contributed by atoms with E-state index in [0.717, 1.165) is 23.7 Å². The zero-order valence-electron chi connectivity index (χ0n) is 10.9. The van der Waals surface area contributed by atoms with Crippen LogP contribution in [-0.2, 0) is 0 Å². The van der Waals surface area contributed by atoms with Crippen molar-refractivity contribution in [3.63, 3.8) is 0 Å². The van der Waals surface area contributed by atoms with Crippen molar-refractivity contribution >= 4 is 40.0 Å². The third kappa shape index (κ3) is 2.07. The van der Waals surface area contributed by atoms with Crippen LogP contribution in [0.15, 0.2) is 16.7 Å². The molecule has 3 aliphatic heterocycles. The Hall–Kier alpha value is -0.970. The maximum Gasteiger partial charge on any atom is 0.179 e. The first kappa shape index (κ1) is 12.7. The molecule has 1 aromatic heterocycles. The molecule has 4 heterocycles. The van der Waals surface area contributed by atoms with Crippen LogP contribution in [0.3, 0.4) is 0 Å². The maximum atomic E-state index is 6.27. The second-order valence-electron chi connectivity index (χ2n) is 5.68. The number of nitrogens with one attached hydrogen (secondary N) is 1. The highest BCUT2D eigenvalue weighted by Gasteiger charge is 2.34. The summed E-state index contributed by atoms with van der Waals surface area (Å²) in [5.41, 5.74) is 0.631. The van der Waals surface area contributed by atoms with Crippen molar-refractivity contribution in [1.82, 2.24) is 10.1 Å². The van der Waals surface area contributed by atoms with E-state index in [1.165, 1.54) is 25.9 Å². The summed E-state index contributed by atoms with van der Waals surface area (Å²) in [7, 11) is 0. The lowest BCUT2D eigenvalue weighted by Crippen LogP contribution is -2.53. The highest BCUT2D eigenvalue weighted by atomic mass is 35.5. The van der Waals surface area contributed by atoms with Gasteiger partial charge in [-0.05, 0) is 37.9 Å². The van der Waals surface area contributed by atoms with Crippen LogP contribution in [0, 0.1) is 5.92 Å². The van der Waals surface area contributed by atoms with E-state index in [9.17, 15) is 0 Å². The van der Waals surface area contributed by atoms with E-state index in [4.69, 9.17) is 27.7 Å². The van der Waals surface area contributed by atoms with Crippen LogP contribution in [0.1, 0.15) is 12.8 Å². The predicted octanol–water partition coefficient (Wildman–Crippen LogP) is 3.64. The van der Waals surface area contributed by atoms with Gasteiger partial charge in [-0.25, -0.2) is 0 Å². The molecule has 0 amide bonds. The third-order valence-electron chi connectivity index (χ3n) is 4.47. The molecule has 1 atom stereocenters. The lowest BCUT2D eigenvalue weighted by Gasteiger charge is -2.44. The van der Waals surface area contributed by atoms with Gasteiger partial charge in [0.2, 0.25) is 0 Å². The molecule has 3 saturated heterocycles. The second kappa shape index (κ2) is 4.79. The first-order valence-electron chi connectivity index (χ1n) is 6.94. The molecule has 4 nitrogen and oxygen atoms in total. The molecule has 20 heavy (non-hydrogen) atoms. The van der Waals surface area contributed by atoms with Gasteiger partial charge in [0.1, 0.15) is 0 Å². The minimum atomic E-state index is 0.428. The first-order valence-corrected chi connectivity index (χ1v) is 7.69. The summed E-state index contributed by atoms with van der Waals surface area (Å²) in [6.45, 7) is 3.52. The van der Waals surface area contributed by atoms with E-state index in [0.29, 0.717) is 21.7 Å². The van der Waals surface area contributed by atoms with Crippen molar-refractivity contribution in [2.24, 2.45) is 5.92 Å². The summed E-state index contributed by atoms with van der Waals surface area (Å²) >= 11 is 12.2. The van der Waals surface area contributed by atoms with Gasteiger partial charge in [0, 0.05) is 23.7 Å². The average Bonchev–Trinajstić information content (AvgIpc) is 2.83. The number of anilines is 1. The molecule has 0 spiro atoms. The molecule has 2 bridgehead atoms. The topological polar surface area (TPSA) is 41.3 Å². The minimum Gasteiger partial charge on any atom is -0.362 e. The Morgan fingerprint density at radius 2 is 2.05 bits per heavy atom. The van der Waals surface area contributed by atoms with Gasteiger partial charge in [-0.3, -0.25) is 0 Å². The fourth-order valence-electron chi connectivity index (χ4n) is 3.40. The van der Waals surface area contributed by atoms with Crippen molar-refractivity contribution in [3.8, 4) is 0 Å². The molecular weight excluding hydrogens is 297 g/mol. The van der Waals surface area contributed by atoms with Crippen molar-refractivity contribution in [1.29, 1.82) is 0 Å². The predicted molar refractivity (Wildman–Crippen MR) is 80.6 cm³/mol. The van der Waals surface area contributed by atoms with E-state index in [-0.39, 0.29) is 0 Å². The molecule has 1 N–H and O–H groups in total. The fourth-order valence-corrected chi connectivity index (χ4v) is 3.96. The highest BCUT2D eigenvalue weighted by molar-refractivity contribution is 6.39. The molecule has 5 rings (SSSR count). The summed E-state index contributed by atoms with van der Waals surface area (Å²) in [5, 5.41) is 9.62. The molecule has 0 aliphatic carbocycles. The van der Waals surface area contributed by atoms with Crippen LogP contribution < -0.4 is 5.32 Å². The Kier molecular flexibility index (Phi) is 3.05. The molecule has 0 saturated carbocycles. The Balaban J connectivity index is 1.66. The Bertz CT molecular complexity index is 649. The number of piperidine rings is 3. The van der Waals surface area contributed by atoms with Crippen molar-refractivity contribution < 1.29 is 4.52 Å². The molecule has 0 unspecified atom stereocenters. The van der Waals surface area contributed by atoms with Crippen LogP contribution in [0.2, 0.25) is 10.0 Å². The molecule has 106 valence electrons. The van der Waals surface area contributed by atoms with E-state index in [1.54, 1.807) is 12.1 Å². The summed E-state index contributed by atoms with van der Waals surface area (Å²) in [6.07, 6.45) is 2.51. The monoisotopic (exact) mass is 311 g/mol. The summed E-state index contributed by atoms with van der Waals surface area (Å²) in [5.74, 6) is 1.46. The van der Waals surface area contributed by atoms with E-state index in [1.807, 2.05) is 0 Å². The van der Waals surface area contributed by atoms with Crippen LogP contribution >= 0.6 is 23.2 Å². The minimum absolute atomic E-state index is 0.428. The largest absolute Gasteiger partial charge is 0.362 e. The van der Waals surface area contributed by atoms with Gasteiger partial charge in [0.05, 0.1) is 10.4 Å². The maximum absolute atomic E-state index is 6.27. The van der Waals surface area contributed by atoms with Gasteiger partial charge in [-0.2, -0.15) is 0 Å². The van der Waals surface area contributed by atoms with Crippen molar-refractivity contribution in [2.75, 3.05) is 25.0 Å². The molecule has 3 aliphatic rings. The summed E-state index contributed by atoms with van der Waals surface area (Å²) < 4.78 is 5.34. The standard InChI is InChI=1S/C14H15Cl2N3O/c15-9-5-10(16)13-12(6-9)20-18-14(13)17-11-7-19-3-1-8(11)2-4-19/h5-6,8,11H,1-4,7H2,(H,17,18)/t11-/m1/s1. The van der Waals surface area contributed by atoms with Crippen LogP contribution in [0.5, 0.6) is 0 Å². The zero-order valence-corrected chi connectivity index (χ0v) is 12.4. The number of aromatic nitrogens is 1. The smallest absolute Gasteiger partial charge is 0.179 e.